The Morgan fingerprint density at radius 2 is 1.50 bits per heavy atom. The van der Waals surface area contributed by atoms with Crippen molar-refractivity contribution < 1.29 is 5.11 Å². The molecular formula is C15H18N2O. The highest BCUT2D eigenvalue weighted by atomic mass is 16.3. The first-order chi connectivity index (χ1) is 8.54. The number of rotatable bonds is 3. The summed E-state index contributed by atoms with van der Waals surface area (Å²) >= 11 is 0. The summed E-state index contributed by atoms with van der Waals surface area (Å²) in [5.41, 5.74) is 4.53. The number of aliphatic hydroxyl groups excluding tert-OH is 1. The van der Waals surface area contributed by atoms with E-state index in [1.165, 1.54) is 11.1 Å². The van der Waals surface area contributed by atoms with E-state index in [1.807, 2.05) is 6.92 Å². The second-order valence-electron chi connectivity index (χ2n) is 4.83. The highest BCUT2D eigenvalue weighted by Crippen LogP contribution is 2.17. The van der Waals surface area contributed by atoms with Crippen molar-refractivity contribution in [1.82, 2.24) is 9.97 Å². The Kier molecular flexibility index (Phi) is 3.72. The van der Waals surface area contributed by atoms with Gasteiger partial charge in [0.25, 0.3) is 0 Å². The number of aliphatic hydroxyl groups is 1. The Hall–Kier alpha value is -1.74. The molecule has 0 amide bonds. The third-order valence-corrected chi connectivity index (χ3v) is 2.81. The third kappa shape index (κ3) is 3.14. The summed E-state index contributed by atoms with van der Waals surface area (Å²) in [6, 6.07) is 6.30. The van der Waals surface area contributed by atoms with Gasteiger partial charge in [0.1, 0.15) is 6.10 Å². The van der Waals surface area contributed by atoms with Crippen molar-refractivity contribution in [1.29, 1.82) is 0 Å². The van der Waals surface area contributed by atoms with Crippen LogP contribution in [0.5, 0.6) is 0 Å². The minimum atomic E-state index is -0.646. The zero-order valence-corrected chi connectivity index (χ0v) is 11.0. The molecule has 1 N–H and O–H groups in total. The first kappa shape index (κ1) is 12.7. The van der Waals surface area contributed by atoms with E-state index in [4.69, 9.17) is 0 Å². The first-order valence-electron chi connectivity index (χ1n) is 6.08. The lowest BCUT2D eigenvalue weighted by atomic mass is 10.0. The molecule has 0 bridgehead atoms. The van der Waals surface area contributed by atoms with E-state index in [-0.39, 0.29) is 0 Å². The maximum absolute atomic E-state index is 10.1. The van der Waals surface area contributed by atoms with Crippen molar-refractivity contribution in [3.05, 3.63) is 58.7 Å². The molecule has 3 nitrogen and oxygen atoms in total. The molecule has 2 aromatic rings. The number of nitrogens with zero attached hydrogens (tertiary/aromatic N) is 2. The summed E-state index contributed by atoms with van der Waals surface area (Å²) < 4.78 is 0. The lowest BCUT2D eigenvalue weighted by Gasteiger charge is -2.10. The standard InChI is InChI=1S/C15H18N2O/c1-10-4-11(2)6-13(5-10)7-14(18)15-16-8-12(3)9-17-15/h4-6,8-9,14,18H,7H2,1-3H3. The van der Waals surface area contributed by atoms with Crippen LogP contribution in [0.2, 0.25) is 0 Å². The summed E-state index contributed by atoms with van der Waals surface area (Å²) in [5.74, 6) is 0.486. The second-order valence-corrected chi connectivity index (χ2v) is 4.83. The Morgan fingerprint density at radius 1 is 0.944 bits per heavy atom. The Labute approximate surface area is 108 Å². The van der Waals surface area contributed by atoms with Crippen LogP contribution >= 0.6 is 0 Å². The Morgan fingerprint density at radius 3 is 2.06 bits per heavy atom. The summed E-state index contributed by atoms with van der Waals surface area (Å²) in [6.07, 6.45) is 3.36. The van der Waals surface area contributed by atoms with Crippen LogP contribution in [0, 0.1) is 20.8 Å². The van der Waals surface area contributed by atoms with E-state index in [2.05, 4.69) is 42.0 Å². The molecule has 0 aliphatic heterocycles. The van der Waals surface area contributed by atoms with Crippen molar-refractivity contribution in [2.45, 2.75) is 33.3 Å². The number of aromatic nitrogens is 2. The molecule has 94 valence electrons. The molecule has 0 aliphatic carbocycles. The van der Waals surface area contributed by atoms with Crippen LogP contribution < -0.4 is 0 Å². The molecule has 3 heteroatoms. The largest absolute Gasteiger partial charge is 0.385 e. The van der Waals surface area contributed by atoms with Crippen LogP contribution in [0.25, 0.3) is 0 Å². The second kappa shape index (κ2) is 5.27. The van der Waals surface area contributed by atoms with E-state index in [1.54, 1.807) is 12.4 Å². The summed E-state index contributed by atoms with van der Waals surface area (Å²) in [5, 5.41) is 10.1. The Bertz CT molecular complexity index is 514. The maximum atomic E-state index is 10.1. The number of benzene rings is 1. The molecule has 2 rings (SSSR count). The predicted octanol–water partition coefficient (Wildman–Crippen LogP) is 2.68. The van der Waals surface area contributed by atoms with Crippen LogP contribution in [-0.2, 0) is 6.42 Å². The predicted molar refractivity (Wildman–Crippen MR) is 71.3 cm³/mol. The van der Waals surface area contributed by atoms with Gasteiger partial charge >= 0.3 is 0 Å². The lowest BCUT2D eigenvalue weighted by molar-refractivity contribution is 0.168. The van der Waals surface area contributed by atoms with Gasteiger partial charge in [-0.05, 0) is 31.9 Å². The minimum absolute atomic E-state index is 0.486. The van der Waals surface area contributed by atoms with Gasteiger partial charge in [0.05, 0.1) is 0 Å². The molecule has 1 unspecified atom stereocenters. The van der Waals surface area contributed by atoms with E-state index >= 15 is 0 Å². The van der Waals surface area contributed by atoms with Gasteiger partial charge in [0, 0.05) is 18.8 Å². The van der Waals surface area contributed by atoms with E-state index in [0.717, 1.165) is 11.1 Å². The summed E-state index contributed by atoms with van der Waals surface area (Å²) in [6.45, 7) is 6.05. The van der Waals surface area contributed by atoms with Gasteiger partial charge in [-0.25, -0.2) is 9.97 Å². The average molecular weight is 242 g/mol. The van der Waals surface area contributed by atoms with Gasteiger partial charge in [0.2, 0.25) is 0 Å². The van der Waals surface area contributed by atoms with Crippen molar-refractivity contribution in [3.8, 4) is 0 Å². The van der Waals surface area contributed by atoms with Gasteiger partial charge in [-0.1, -0.05) is 29.3 Å². The highest BCUT2D eigenvalue weighted by molar-refractivity contribution is 5.29. The molecule has 18 heavy (non-hydrogen) atoms. The van der Waals surface area contributed by atoms with Gasteiger partial charge in [-0.3, -0.25) is 0 Å². The molecule has 0 saturated carbocycles. The lowest BCUT2D eigenvalue weighted by Crippen LogP contribution is -2.07. The molecular weight excluding hydrogens is 224 g/mol. The molecule has 0 fully saturated rings. The monoisotopic (exact) mass is 242 g/mol. The molecule has 0 radical (unpaired) electrons. The van der Waals surface area contributed by atoms with Gasteiger partial charge in [-0.15, -0.1) is 0 Å². The zero-order valence-electron chi connectivity index (χ0n) is 11.0. The third-order valence-electron chi connectivity index (χ3n) is 2.81. The fraction of sp³-hybridized carbons (Fsp3) is 0.333. The van der Waals surface area contributed by atoms with Crippen molar-refractivity contribution in [2.75, 3.05) is 0 Å². The van der Waals surface area contributed by atoms with Gasteiger partial charge in [0.15, 0.2) is 5.82 Å². The van der Waals surface area contributed by atoms with Crippen LogP contribution in [0.15, 0.2) is 30.6 Å². The minimum Gasteiger partial charge on any atom is -0.385 e. The summed E-state index contributed by atoms with van der Waals surface area (Å²) in [4.78, 5) is 8.32. The maximum Gasteiger partial charge on any atom is 0.157 e. The van der Waals surface area contributed by atoms with Gasteiger partial charge in [-0.2, -0.15) is 0 Å². The summed E-state index contributed by atoms with van der Waals surface area (Å²) in [7, 11) is 0. The SMILES string of the molecule is Cc1cnc(C(O)Cc2cc(C)cc(C)c2)nc1. The Balaban J connectivity index is 2.15. The fourth-order valence-corrected chi connectivity index (χ4v) is 2.08. The van der Waals surface area contributed by atoms with E-state index in [0.29, 0.717) is 12.2 Å². The molecule has 0 spiro atoms. The number of hydrogen-bond acceptors (Lipinski definition) is 3. The van der Waals surface area contributed by atoms with Crippen molar-refractivity contribution in [2.24, 2.45) is 0 Å². The molecule has 0 saturated heterocycles. The molecule has 1 aromatic heterocycles. The van der Waals surface area contributed by atoms with Crippen LogP contribution in [0.3, 0.4) is 0 Å². The van der Waals surface area contributed by atoms with Crippen molar-refractivity contribution in [3.63, 3.8) is 0 Å². The zero-order chi connectivity index (χ0) is 13.1. The number of aryl methyl sites for hydroxylation is 3. The van der Waals surface area contributed by atoms with Gasteiger partial charge < -0.3 is 5.11 Å². The number of hydrogen-bond donors (Lipinski definition) is 1. The van der Waals surface area contributed by atoms with Crippen LogP contribution in [0.1, 0.15) is 34.2 Å². The topological polar surface area (TPSA) is 46.0 Å². The molecule has 1 aromatic carbocycles. The van der Waals surface area contributed by atoms with Crippen LogP contribution in [-0.4, -0.2) is 15.1 Å². The average Bonchev–Trinajstić information content (AvgIpc) is 2.28. The van der Waals surface area contributed by atoms with Crippen LogP contribution in [0.4, 0.5) is 0 Å². The normalized spacial score (nSPS) is 12.4. The molecule has 1 heterocycles. The highest BCUT2D eigenvalue weighted by Gasteiger charge is 2.11. The smallest absolute Gasteiger partial charge is 0.157 e. The quantitative estimate of drug-likeness (QED) is 0.900. The fourth-order valence-electron chi connectivity index (χ4n) is 2.08. The molecule has 1 atom stereocenters. The van der Waals surface area contributed by atoms with E-state index in [9.17, 15) is 5.11 Å². The van der Waals surface area contributed by atoms with E-state index < -0.39 is 6.10 Å². The van der Waals surface area contributed by atoms with Crippen molar-refractivity contribution >= 4 is 0 Å². The first-order valence-corrected chi connectivity index (χ1v) is 6.08. The molecule has 0 aliphatic rings.